The average molecular weight is 275 g/mol. The summed E-state index contributed by atoms with van der Waals surface area (Å²) in [6.07, 6.45) is 3.41. The van der Waals surface area contributed by atoms with Crippen LogP contribution >= 0.6 is 11.3 Å². The van der Waals surface area contributed by atoms with Crippen LogP contribution in [0.25, 0.3) is 10.1 Å². The van der Waals surface area contributed by atoms with Gasteiger partial charge < -0.3 is 10.4 Å². The molecule has 1 aliphatic carbocycles. The van der Waals surface area contributed by atoms with E-state index in [0.29, 0.717) is 5.92 Å². The number of aliphatic hydroxyl groups excluding tert-OH is 1. The summed E-state index contributed by atoms with van der Waals surface area (Å²) in [5, 5.41) is 17.5. The lowest BCUT2D eigenvalue weighted by Crippen LogP contribution is -2.43. The Hall–Kier alpha value is -0.900. The Kier molecular flexibility index (Phi) is 3.87. The van der Waals surface area contributed by atoms with Crippen molar-refractivity contribution < 1.29 is 5.11 Å². The molecule has 1 fully saturated rings. The Morgan fingerprint density at radius 1 is 1.37 bits per heavy atom. The van der Waals surface area contributed by atoms with Gasteiger partial charge in [0.15, 0.2) is 0 Å². The van der Waals surface area contributed by atoms with Gasteiger partial charge >= 0.3 is 0 Å². The Morgan fingerprint density at radius 3 is 2.89 bits per heavy atom. The lowest BCUT2D eigenvalue weighted by molar-refractivity contribution is 0.0704. The fourth-order valence-corrected chi connectivity index (χ4v) is 3.72. The van der Waals surface area contributed by atoms with Gasteiger partial charge in [-0.2, -0.15) is 0 Å². The van der Waals surface area contributed by atoms with Crippen LogP contribution in [0.1, 0.15) is 37.9 Å². The summed E-state index contributed by atoms with van der Waals surface area (Å²) < 4.78 is 1.29. The molecule has 102 valence electrons. The van der Waals surface area contributed by atoms with Crippen molar-refractivity contribution in [2.75, 3.05) is 6.54 Å². The quantitative estimate of drug-likeness (QED) is 0.872. The Labute approximate surface area is 118 Å². The van der Waals surface area contributed by atoms with E-state index in [9.17, 15) is 5.11 Å². The van der Waals surface area contributed by atoms with E-state index in [1.54, 1.807) is 11.3 Å². The Balaban J connectivity index is 1.84. The Bertz CT molecular complexity index is 546. The van der Waals surface area contributed by atoms with Crippen LogP contribution in [0.5, 0.6) is 0 Å². The highest BCUT2D eigenvalue weighted by molar-refractivity contribution is 7.17. The van der Waals surface area contributed by atoms with E-state index in [-0.39, 0.29) is 6.04 Å². The van der Waals surface area contributed by atoms with Gasteiger partial charge in [0.25, 0.3) is 0 Å². The number of fused-ring (bicyclic) bond motifs is 1. The van der Waals surface area contributed by atoms with Crippen LogP contribution in [0.4, 0.5) is 0 Å². The second-order valence-corrected chi connectivity index (χ2v) is 6.38. The van der Waals surface area contributed by atoms with E-state index in [4.69, 9.17) is 0 Å². The van der Waals surface area contributed by atoms with Gasteiger partial charge in [-0.05, 0) is 59.8 Å². The van der Waals surface area contributed by atoms with Crippen LogP contribution in [-0.4, -0.2) is 17.7 Å². The maximum Gasteiger partial charge on any atom is 0.0945 e. The fraction of sp³-hybridized carbons (Fsp3) is 0.500. The zero-order valence-electron chi connectivity index (χ0n) is 11.3. The second-order valence-electron chi connectivity index (χ2n) is 5.44. The highest BCUT2D eigenvalue weighted by atomic mass is 32.1. The first-order valence-electron chi connectivity index (χ1n) is 7.18. The smallest absolute Gasteiger partial charge is 0.0945 e. The number of thiophene rings is 1. The number of aliphatic hydroxyl groups is 1. The number of hydrogen-bond acceptors (Lipinski definition) is 3. The molecule has 1 saturated carbocycles. The van der Waals surface area contributed by atoms with Gasteiger partial charge in [0.2, 0.25) is 0 Å². The number of rotatable bonds is 5. The third-order valence-corrected chi connectivity index (χ3v) is 5.15. The summed E-state index contributed by atoms with van der Waals surface area (Å²) in [6.45, 7) is 3.03. The van der Waals surface area contributed by atoms with E-state index < -0.39 is 6.10 Å². The largest absolute Gasteiger partial charge is 0.387 e. The summed E-state index contributed by atoms with van der Waals surface area (Å²) in [7, 11) is 0. The summed E-state index contributed by atoms with van der Waals surface area (Å²) in [6, 6.07) is 8.67. The summed E-state index contributed by atoms with van der Waals surface area (Å²) >= 11 is 1.75. The minimum atomic E-state index is -0.394. The molecule has 0 spiro atoms. The molecule has 0 aliphatic heterocycles. The molecule has 0 saturated heterocycles. The normalized spacial score (nSPS) is 19.3. The first kappa shape index (κ1) is 13.1. The maximum atomic E-state index is 10.7. The highest BCUT2D eigenvalue weighted by Crippen LogP contribution is 2.36. The van der Waals surface area contributed by atoms with Crippen molar-refractivity contribution in [3.63, 3.8) is 0 Å². The van der Waals surface area contributed by atoms with E-state index >= 15 is 0 Å². The molecule has 2 aromatic rings. The van der Waals surface area contributed by atoms with Gasteiger partial charge in [0.1, 0.15) is 0 Å². The molecule has 2 atom stereocenters. The molecule has 1 aromatic carbocycles. The van der Waals surface area contributed by atoms with E-state index in [1.807, 2.05) is 0 Å². The van der Waals surface area contributed by atoms with Gasteiger partial charge in [0.05, 0.1) is 6.10 Å². The van der Waals surface area contributed by atoms with Crippen LogP contribution in [0.3, 0.4) is 0 Å². The third kappa shape index (κ3) is 2.55. The fourth-order valence-electron chi connectivity index (χ4n) is 2.95. The number of benzene rings is 1. The minimum absolute atomic E-state index is 0.204. The maximum absolute atomic E-state index is 10.7. The van der Waals surface area contributed by atoms with Gasteiger partial charge in [-0.25, -0.2) is 0 Å². The minimum Gasteiger partial charge on any atom is -0.387 e. The number of nitrogens with one attached hydrogen (secondary N) is 1. The number of hydrogen-bond donors (Lipinski definition) is 2. The molecule has 1 heterocycles. The van der Waals surface area contributed by atoms with E-state index in [0.717, 1.165) is 12.1 Å². The van der Waals surface area contributed by atoms with Crippen LogP contribution in [0.15, 0.2) is 29.6 Å². The summed E-state index contributed by atoms with van der Waals surface area (Å²) in [5.41, 5.74) is 1.05. The topological polar surface area (TPSA) is 32.3 Å². The van der Waals surface area contributed by atoms with Gasteiger partial charge in [-0.1, -0.05) is 19.4 Å². The summed E-state index contributed by atoms with van der Waals surface area (Å²) in [5.74, 6) is 0.633. The van der Waals surface area contributed by atoms with Crippen molar-refractivity contribution in [3.8, 4) is 0 Å². The van der Waals surface area contributed by atoms with Crippen molar-refractivity contribution in [2.24, 2.45) is 5.92 Å². The first-order chi connectivity index (χ1) is 9.29. The molecule has 2 nitrogen and oxygen atoms in total. The first-order valence-corrected chi connectivity index (χ1v) is 8.06. The lowest BCUT2D eigenvalue weighted by atomic mass is 9.76. The van der Waals surface area contributed by atoms with Gasteiger partial charge in [-0.15, -0.1) is 11.3 Å². The molecule has 0 bridgehead atoms. The SMILES string of the molecule is CCNC(C1CCC1)C(O)c1ccc2sccc2c1. The number of likely N-dealkylation sites (N-methyl/N-ethyl adjacent to an activating group) is 1. The van der Waals surface area contributed by atoms with Crippen LogP contribution in [-0.2, 0) is 0 Å². The molecule has 1 aliphatic rings. The third-order valence-electron chi connectivity index (χ3n) is 4.26. The zero-order valence-corrected chi connectivity index (χ0v) is 12.1. The Morgan fingerprint density at radius 2 is 2.21 bits per heavy atom. The van der Waals surface area contributed by atoms with E-state index in [2.05, 4.69) is 41.9 Å². The molecule has 2 unspecified atom stereocenters. The van der Waals surface area contributed by atoms with Crippen molar-refractivity contribution in [1.29, 1.82) is 0 Å². The molecule has 1 aromatic heterocycles. The predicted octanol–water partition coefficient (Wildman–Crippen LogP) is 3.71. The van der Waals surface area contributed by atoms with Gasteiger partial charge in [0, 0.05) is 10.7 Å². The van der Waals surface area contributed by atoms with Crippen LogP contribution in [0, 0.1) is 5.92 Å². The molecule has 2 N–H and O–H groups in total. The lowest BCUT2D eigenvalue weighted by Gasteiger charge is -2.37. The van der Waals surface area contributed by atoms with Crippen LogP contribution < -0.4 is 5.32 Å². The predicted molar refractivity (Wildman–Crippen MR) is 81.6 cm³/mol. The highest BCUT2D eigenvalue weighted by Gasteiger charge is 2.32. The summed E-state index contributed by atoms with van der Waals surface area (Å²) in [4.78, 5) is 0. The molecule has 3 heteroatoms. The molecular formula is C16H21NOS. The van der Waals surface area contributed by atoms with Crippen molar-refractivity contribution in [1.82, 2.24) is 5.32 Å². The van der Waals surface area contributed by atoms with Crippen molar-refractivity contribution in [2.45, 2.75) is 38.3 Å². The molecule has 0 radical (unpaired) electrons. The average Bonchev–Trinajstić information content (AvgIpc) is 2.82. The zero-order chi connectivity index (χ0) is 13.2. The molecule has 0 amide bonds. The van der Waals surface area contributed by atoms with Crippen LogP contribution in [0.2, 0.25) is 0 Å². The van der Waals surface area contributed by atoms with Crippen molar-refractivity contribution >= 4 is 21.4 Å². The van der Waals surface area contributed by atoms with Gasteiger partial charge in [-0.3, -0.25) is 0 Å². The van der Waals surface area contributed by atoms with E-state index in [1.165, 1.54) is 29.3 Å². The molecule has 3 rings (SSSR count). The standard InChI is InChI=1S/C16H21NOS/c1-2-17-15(11-4-3-5-11)16(18)13-6-7-14-12(10-13)8-9-19-14/h6-11,15-18H,2-5H2,1H3. The molecule has 19 heavy (non-hydrogen) atoms. The monoisotopic (exact) mass is 275 g/mol. The molecular weight excluding hydrogens is 254 g/mol. The van der Waals surface area contributed by atoms with Crippen molar-refractivity contribution in [3.05, 3.63) is 35.2 Å². The second kappa shape index (κ2) is 5.61.